The van der Waals surface area contributed by atoms with Crippen molar-refractivity contribution in [3.05, 3.63) is 21.4 Å². The minimum atomic E-state index is 0.0712. The average molecular weight is 349 g/mol. The van der Waals surface area contributed by atoms with Crippen molar-refractivity contribution in [2.75, 3.05) is 19.6 Å². The van der Waals surface area contributed by atoms with E-state index in [1.54, 1.807) is 11.3 Å². The molecule has 1 atom stereocenters. The highest BCUT2D eigenvalue weighted by Gasteiger charge is 2.28. The van der Waals surface area contributed by atoms with Crippen molar-refractivity contribution in [1.82, 2.24) is 10.2 Å². The molecule has 0 spiro atoms. The van der Waals surface area contributed by atoms with Gasteiger partial charge in [0.15, 0.2) is 0 Å². The van der Waals surface area contributed by atoms with E-state index in [4.69, 9.17) is 0 Å². The van der Waals surface area contributed by atoms with Crippen LogP contribution in [0.5, 0.6) is 0 Å². The molecule has 2 aliphatic rings. The van der Waals surface area contributed by atoms with E-state index >= 15 is 0 Å². The highest BCUT2D eigenvalue weighted by atomic mass is 32.1. The van der Waals surface area contributed by atoms with Gasteiger partial charge in [-0.05, 0) is 56.6 Å². The molecule has 0 aromatic carbocycles. The summed E-state index contributed by atoms with van der Waals surface area (Å²) >= 11 is 1.65. The number of nitrogens with one attached hydrogen (secondary N) is 1. The van der Waals surface area contributed by atoms with Gasteiger partial charge in [-0.1, -0.05) is 13.3 Å². The minimum Gasteiger partial charge on any atom is -0.356 e. The molecule has 1 fully saturated rings. The lowest BCUT2D eigenvalue weighted by Gasteiger charge is -2.26. The largest absolute Gasteiger partial charge is 0.356 e. The molecule has 132 valence electrons. The van der Waals surface area contributed by atoms with Crippen molar-refractivity contribution >= 4 is 23.2 Å². The number of unbranched alkanes of at least 4 members (excludes halogenated alkanes) is 1. The lowest BCUT2D eigenvalue weighted by atomic mass is 9.87. The normalized spacial score (nSPS) is 20.5. The average Bonchev–Trinajstić information content (AvgIpc) is 3.05. The fourth-order valence-corrected chi connectivity index (χ4v) is 4.81. The summed E-state index contributed by atoms with van der Waals surface area (Å²) in [5, 5.41) is 3.05. The van der Waals surface area contributed by atoms with Crippen LogP contribution in [-0.4, -0.2) is 36.3 Å². The minimum absolute atomic E-state index is 0.0712. The van der Waals surface area contributed by atoms with Crippen LogP contribution in [0.15, 0.2) is 6.07 Å². The molecule has 0 unspecified atom stereocenters. The molecular formula is C19H28N2O2S. The van der Waals surface area contributed by atoms with Crippen molar-refractivity contribution in [3.8, 4) is 0 Å². The van der Waals surface area contributed by atoms with E-state index in [2.05, 4.69) is 18.3 Å². The van der Waals surface area contributed by atoms with Crippen molar-refractivity contribution in [1.29, 1.82) is 0 Å². The van der Waals surface area contributed by atoms with Crippen molar-refractivity contribution < 1.29 is 9.59 Å². The lowest BCUT2D eigenvalue weighted by molar-refractivity contribution is -0.125. The quantitative estimate of drug-likeness (QED) is 0.829. The van der Waals surface area contributed by atoms with Gasteiger partial charge in [-0.2, -0.15) is 0 Å². The summed E-state index contributed by atoms with van der Waals surface area (Å²) in [4.78, 5) is 29.1. The van der Waals surface area contributed by atoms with Crippen molar-refractivity contribution in [2.45, 2.75) is 58.3 Å². The van der Waals surface area contributed by atoms with Gasteiger partial charge >= 0.3 is 0 Å². The Labute approximate surface area is 148 Å². The summed E-state index contributed by atoms with van der Waals surface area (Å²) in [5.74, 6) is 0.448. The predicted molar refractivity (Wildman–Crippen MR) is 97.5 cm³/mol. The first-order valence-electron chi connectivity index (χ1n) is 9.37. The third-order valence-corrected chi connectivity index (χ3v) is 6.36. The molecule has 24 heavy (non-hydrogen) atoms. The summed E-state index contributed by atoms with van der Waals surface area (Å²) in [5.41, 5.74) is 1.22. The van der Waals surface area contributed by atoms with Crippen molar-refractivity contribution in [3.63, 3.8) is 0 Å². The highest BCUT2D eigenvalue weighted by Crippen LogP contribution is 2.33. The summed E-state index contributed by atoms with van der Waals surface area (Å²) in [6.07, 6.45) is 8.24. The van der Waals surface area contributed by atoms with Crippen molar-refractivity contribution in [2.24, 2.45) is 5.92 Å². The number of fused-ring (bicyclic) bond motifs is 1. The zero-order chi connectivity index (χ0) is 16.9. The summed E-state index contributed by atoms with van der Waals surface area (Å²) in [6, 6.07) is 2.06. The molecule has 2 heterocycles. The van der Waals surface area contributed by atoms with Crippen LogP contribution in [0, 0.1) is 5.92 Å². The maximum absolute atomic E-state index is 12.7. The number of thiophene rings is 1. The highest BCUT2D eigenvalue weighted by molar-refractivity contribution is 7.14. The maximum atomic E-state index is 12.7. The third-order valence-electron chi connectivity index (χ3n) is 5.14. The van der Waals surface area contributed by atoms with Gasteiger partial charge in [0.25, 0.3) is 5.91 Å². The number of nitrogens with zero attached hydrogens (tertiary/aromatic N) is 1. The van der Waals surface area contributed by atoms with E-state index < -0.39 is 0 Å². The molecule has 0 saturated carbocycles. The van der Waals surface area contributed by atoms with Gasteiger partial charge in [0.05, 0.1) is 4.88 Å². The first-order valence-corrected chi connectivity index (χ1v) is 10.2. The van der Waals surface area contributed by atoms with Gasteiger partial charge in [0.1, 0.15) is 0 Å². The number of piperidine rings is 1. The van der Waals surface area contributed by atoms with E-state index in [9.17, 15) is 9.59 Å². The van der Waals surface area contributed by atoms with Crippen LogP contribution in [0.25, 0.3) is 0 Å². The van der Waals surface area contributed by atoms with Gasteiger partial charge in [0, 0.05) is 30.4 Å². The van der Waals surface area contributed by atoms with Crippen LogP contribution in [0.4, 0.5) is 0 Å². The Bertz CT molecular complexity index is 590. The second-order valence-corrected chi connectivity index (χ2v) is 8.13. The molecule has 4 nitrogen and oxygen atoms in total. The molecule has 1 N–H and O–H groups in total. The number of hydrogen-bond acceptors (Lipinski definition) is 3. The Kier molecular flexibility index (Phi) is 5.93. The number of rotatable bonds is 5. The Balaban J connectivity index is 1.62. The number of carbonyl (C=O) groups excluding carboxylic acids is 2. The molecule has 3 rings (SSSR count). The number of likely N-dealkylation sites (tertiary alicyclic amines) is 1. The fourth-order valence-electron chi connectivity index (χ4n) is 3.64. The van der Waals surface area contributed by atoms with Gasteiger partial charge in [-0.3, -0.25) is 9.59 Å². The number of carbonyl (C=O) groups is 2. The van der Waals surface area contributed by atoms with Gasteiger partial charge in [-0.25, -0.2) is 0 Å². The Hall–Kier alpha value is -1.36. The number of amides is 2. The predicted octanol–water partition coefficient (Wildman–Crippen LogP) is 3.40. The number of aryl methyl sites for hydroxylation is 1. The monoisotopic (exact) mass is 348 g/mol. The van der Waals surface area contributed by atoms with E-state index in [0.717, 1.165) is 69.5 Å². The summed E-state index contributed by atoms with van der Waals surface area (Å²) < 4.78 is 0. The Morgan fingerprint density at radius 1 is 1.29 bits per heavy atom. The fraction of sp³-hybridized carbons (Fsp3) is 0.684. The first-order chi connectivity index (χ1) is 11.7. The summed E-state index contributed by atoms with van der Waals surface area (Å²) in [6.45, 7) is 4.69. The smallest absolute Gasteiger partial charge is 0.263 e. The number of hydrogen-bond donors (Lipinski definition) is 1. The second kappa shape index (κ2) is 8.15. The molecule has 1 saturated heterocycles. The SMILES string of the molecule is CCCCNC(=O)[C@@H]1CCc2sc(C(=O)N3CCCCC3)cc2C1. The molecule has 2 amide bonds. The molecular weight excluding hydrogens is 320 g/mol. The standard InChI is InChI=1S/C19H28N2O2S/c1-2-3-9-20-18(22)14-7-8-16-15(12-14)13-17(24-16)19(23)21-10-5-4-6-11-21/h13-14H,2-12H2,1H3,(H,20,22)/t14-/m1/s1. The Morgan fingerprint density at radius 3 is 2.83 bits per heavy atom. The topological polar surface area (TPSA) is 49.4 Å². The molecule has 1 aliphatic heterocycles. The van der Waals surface area contributed by atoms with E-state index in [1.165, 1.54) is 16.9 Å². The van der Waals surface area contributed by atoms with Gasteiger partial charge < -0.3 is 10.2 Å². The zero-order valence-corrected chi connectivity index (χ0v) is 15.4. The first kappa shape index (κ1) is 17.5. The van der Waals surface area contributed by atoms with Crippen LogP contribution in [-0.2, 0) is 17.6 Å². The second-order valence-electron chi connectivity index (χ2n) is 7.00. The van der Waals surface area contributed by atoms with Crippen LogP contribution < -0.4 is 5.32 Å². The zero-order valence-electron chi connectivity index (χ0n) is 14.6. The van der Waals surface area contributed by atoms with Gasteiger partial charge in [-0.15, -0.1) is 11.3 Å². The van der Waals surface area contributed by atoms with E-state index in [1.807, 2.05) is 4.90 Å². The van der Waals surface area contributed by atoms with Crippen LogP contribution in [0.3, 0.4) is 0 Å². The van der Waals surface area contributed by atoms with Crippen LogP contribution in [0.2, 0.25) is 0 Å². The summed E-state index contributed by atoms with van der Waals surface area (Å²) in [7, 11) is 0. The molecule has 1 aliphatic carbocycles. The molecule has 0 bridgehead atoms. The van der Waals surface area contributed by atoms with Crippen LogP contribution in [0.1, 0.15) is 65.6 Å². The van der Waals surface area contributed by atoms with Crippen LogP contribution >= 0.6 is 11.3 Å². The lowest BCUT2D eigenvalue weighted by Crippen LogP contribution is -2.35. The molecule has 0 radical (unpaired) electrons. The maximum Gasteiger partial charge on any atom is 0.263 e. The molecule has 5 heteroatoms. The third kappa shape index (κ3) is 4.00. The van der Waals surface area contributed by atoms with E-state index in [0.29, 0.717) is 0 Å². The van der Waals surface area contributed by atoms with E-state index in [-0.39, 0.29) is 17.7 Å². The van der Waals surface area contributed by atoms with Gasteiger partial charge in [0.2, 0.25) is 5.91 Å². The molecule has 1 aromatic heterocycles. The Morgan fingerprint density at radius 2 is 2.08 bits per heavy atom. The molecule has 1 aromatic rings.